The Morgan fingerprint density at radius 1 is 1.62 bits per heavy atom. The van der Waals surface area contributed by atoms with Gasteiger partial charge >= 0.3 is 0 Å². The summed E-state index contributed by atoms with van der Waals surface area (Å²) in [5, 5.41) is 3.50. The zero-order chi connectivity index (χ0) is 11.4. The van der Waals surface area contributed by atoms with Crippen LogP contribution in [0.2, 0.25) is 0 Å². The first-order valence-corrected chi connectivity index (χ1v) is 5.92. The molecule has 0 aromatic carbocycles. The zero-order valence-electron chi connectivity index (χ0n) is 9.94. The molecule has 1 saturated heterocycles. The highest BCUT2D eigenvalue weighted by Crippen LogP contribution is 2.27. The van der Waals surface area contributed by atoms with Gasteiger partial charge in [-0.05, 0) is 26.0 Å². The van der Waals surface area contributed by atoms with Crippen LogP contribution in [-0.2, 0) is 4.74 Å². The highest BCUT2D eigenvalue weighted by Gasteiger charge is 2.27. The maximum absolute atomic E-state index is 5.45. The first-order valence-electron chi connectivity index (χ1n) is 5.92. The van der Waals surface area contributed by atoms with Crippen LogP contribution in [0.1, 0.15) is 30.9 Å². The molecule has 16 heavy (non-hydrogen) atoms. The molecule has 1 aliphatic heterocycles. The van der Waals surface area contributed by atoms with Crippen molar-refractivity contribution in [1.29, 1.82) is 0 Å². The van der Waals surface area contributed by atoms with Crippen LogP contribution in [0.5, 0.6) is 0 Å². The molecule has 0 radical (unpaired) electrons. The smallest absolute Gasteiger partial charge is 0.125 e. The fourth-order valence-corrected chi connectivity index (χ4v) is 2.20. The van der Waals surface area contributed by atoms with Crippen molar-refractivity contribution in [2.75, 3.05) is 19.8 Å². The summed E-state index contributed by atoms with van der Waals surface area (Å²) in [7, 11) is 0. The van der Waals surface area contributed by atoms with Crippen LogP contribution in [0.15, 0.2) is 12.3 Å². The summed E-state index contributed by atoms with van der Waals surface area (Å²) in [5.74, 6) is 1.37. The molecule has 2 atom stereocenters. The van der Waals surface area contributed by atoms with E-state index < -0.39 is 0 Å². The summed E-state index contributed by atoms with van der Waals surface area (Å²) in [6, 6.07) is 2.30. The molecule has 0 amide bonds. The van der Waals surface area contributed by atoms with Crippen LogP contribution in [0.25, 0.3) is 0 Å². The molecule has 0 spiro atoms. The van der Waals surface area contributed by atoms with E-state index >= 15 is 0 Å². The Bertz CT molecular complexity index is 337. The Morgan fingerprint density at radius 2 is 2.50 bits per heavy atom. The van der Waals surface area contributed by atoms with E-state index in [0.29, 0.717) is 12.0 Å². The molecule has 2 rings (SSSR count). The van der Waals surface area contributed by atoms with Gasteiger partial charge in [-0.25, -0.2) is 9.97 Å². The van der Waals surface area contributed by atoms with Crippen LogP contribution in [0.4, 0.5) is 0 Å². The standard InChI is InChI=1S/C12H19N3O/c1-3-13-12(10-5-7-16-8-10)11-4-6-14-9(2)15-11/h4,6,10,12-13H,3,5,7-8H2,1-2H3. The molecular formula is C12H19N3O. The van der Waals surface area contributed by atoms with Crippen LogP contribution < -0.4 is 5.32 Å². The molecule has 1 fully saturated rings. The molecule has 1 aromatic rings. The van der Waals surface area contributed by atoms with Gasteiger partial charge in [0.25, 0.3) is 0 Å². The minimum atomic E-state index is 0.300. The lowest BCUT2D eigenvalue weighted by Crippen LogP contribution is -2.29. The second-order valence-electron chi connectivity index (χ2n) is 4.19. The second-order valence-corrected chi connectivity index (χ2v) is 4.19. The van der Waals surface area contributed by atoms with E-state index in [1.807, 2.05) is 19.2 Å². The van der Waals surface area contributed by atoms with Crippen molar-refractivity contribution in [3.8, 4) is 0 Å². The fraction of sp³-hybridized carbons (Fsp3) is 0.667. The van der Waals surface area contributed by atoms with Crippen LogP contribution in [-0.4, -0.2) is 29.7 Å². The Kier molecular flexibility index (Phi) is 3.85. The molecule has 2 unspecified atom stereocenters. The molecule has 0 saturated carbocycles. The van der Waals surface area contributed by atoms with E-state index in [1.165, 1.54) is 0 Å². The Morgan fingerprint density at radius 3 is 3.12 bits per heavy atom. The van der Waals surface area contributed by atoms with Crippen molar-refractivity contribution in [3.63, 3.8) is 0 Å². The van der Waals surface area contributed by atoms with Crippen molar-refractivity contribution >= 4 is 0 Å². The Labute approximate surface area is 96.4 Å². The van der Waals surface area contributed by atoms with Gasteiger partial charge < -0.3 is 10.1 Å². The molecule has 1 aromatic heterocycles. The highest BCUT2D eigenvalue weighted by atomic mass is 16.5. The van der Waals surface area contributed by atoms with Crippen molar-refractivity contribution in [3.05, 3.63) is 23.8 Å². The summed E-state index contributed by atoms with van der Waals surface area (Å²) in [6.45, 7) is 6.70. The molecule has 1 aliphatic rings. The van der Waals surface area contributed by atoms with Gasteiger partial charge in [0.1, 0.15) is 5.82 Å². The fourth-order valence-electron chi connectivity index (χ4n) is 2.20. The summed E-state index contributed by atoms with van der Waals surface area (Å²) in [5.41, 5.74) is 1.09. The van der Waals surface area contributed by atoms with Gasteiger partial charge in [0.05, 0.1) is 18.3 Å². The van der Waals surface area contributed by atoms with Gasteiger partial charge in [-0.3, -0.25) is 0 Å². The SMILES string of the molecule is CCNC(c1ccnc(C)n1)C1CCOC1. The van der Waals surface area contributed by atoms with E-state index in [2.05, 4.69) is 22.2 Å². The van der Waals surface area contributed by atoms with Gasteiger partial charge in [0, 0.05) is 18.7 Å². The third-order valence-corrected chi connectivity index (χ3v) is 2.98. The molecule has 4 nitrogen and oxygen atoms in total. The average molecular weight is 221 g/mol. The molecule has 0 bridgehead atoms. The number of aryl methyl sites for hydroxylation is 1. The van der Waals surface area contributed by atoms with E-state index in [0.717, 1.165) is 37.7 Å². The minimum Gasteiger partial charge on any atom is -0.381 e. The molecule has 2 heterocycles. The topological polar surface area (TPSA) is 47.0 Å². The van der Waals surface area contributed by atoms with E-state index in [4.69, 9.17) is 4.74 Å². The monoisotopic (exact) mass is 221 g/mol. The number of nitrogens with one attached hydrogen (secondary N) is 1. The number of aromatic nitrogens is 2. The van der Waals surface area contributed by atoms with Crippen LogP contribution >= 0.6 is 0 Å². The lowest BCUT2D eigenvalue weighted by molar-refractivity contribution is 0.176. The van der Waals surface area contributed by atoms with Gasteiger partial charge in [-0.2, -0.15) is 0 Å². The van der Waals surface area contributed by atoms with Crippen molar-refractivity contribution in [2.45, 2.75) is 26.3 Å². The van der Waals surface area contributed by atoms with Gasteiger partial charge in [-0.15, -0.1) is 0 Å². The van der Waals surface area contributed by atoms with Crippen LogP contribution in [0, 0.1) is 12.8 Å². The van der Waals surface area contributed by atoms with E-state index in [9.17, 15) is 0 Å². The maximum Gasteiger partial charge on any atom is 0.125 e. The van der Waals surface area contributed by atoms with E-state index in [-0.39, 0.29) is 0 Å². The zero-order valence-corrected chi connectivity index (χ0v) is 9.94. The van der Waals surface area contributed by atoms with E-state index in [1.54, 1.807) is 0 Å². The highest BCUT2D eigenvalue weighted by molar-refractivity contribution is 5.09. The van der Waals surface area contributed by atoms with Gasteiger partial charge in [0.15, 0.2) is 0 Å². The summed E-state index contributed by atoms with van der Waals surface area (Å²) >= 11 is 0. The second kappa shape index (κ2) is 5.37. The number of ether oxygens (including phenoxy) is 1. The molecule has 0 aliphatic carbocycles. The Hall–Kier alpha value is -1.00. The number of hydrogen-bond acceptors (Lipinski definition) is 4. The lowest BCUT2D eigenvalue weighted by Gasteiger charge is -2.22. The predicted molar refractivity (Wildman–Crippen MR) is 62.1 cm³/mol. The quantitative estimate of drug-likeness (QED) is 0.836. The largest absolute Gasteiger partial charge is 0.381 e. The van der Waals surface area contributed by atoms with Crippen molar-refractivity contribution < 1.29 is 4.74 Å². The van der Waals surface area contributed by atoms with Gasteiger partial charge in [-0.1, -0.05) is 6.92 Å². The number of nitrogens with zero attached hydrogens (tertiary/aromatic N) is 2. The van der Waals surface area contributed by atoms with Crippen molar-refractivity contribution in [1.82, 2.24) is 15.3 Å². The summed E-state index contributed by atoms with van der Waals surface area (Å²) < 4.78 is 5.45. The van der Waals surface area contributed by atoms with Crippen molar-refractivity contribution in [2.24, 2.45) is 5.92 Å². The maximum atomic E-state index is 5.45. The number of rotatable bonds is 4. The molecule has 1 N–H and O–H groups in total. The first-order chi connectivity index (χ1) is 7.81. The lowest BCUT2D eigenvalue weighted by atomic mass is 9.96. The molecular weight excluding hydrogens is 202 g/mol. The first kappa shape index (κ1) is 11.5. The Balaban J connectivity index is 2.17. The van der Waals surface area contributed by atoms with Gasteiger partial charge in [0.2, 0.25) is 0 Å². The predicted octanol–water partition coefficient (Wildman–Crippen LogP) is 1.47. The normalized spacial score (nSPS) is 22.2. The van der Waals surface area contributed by atoms with Crippen LogP contribution in [0.3, 0.4) is 0 Å². The third kappa shape index (κ3) is 2.57. The minimum absolute atomic E-state index is 0.300. The summed E-state index contributed by atoms with van der Waals surface area (Å²) in [6.07, 6.45) is 2.94. The average Bonchev–Trinajstić information content (AvgIpc) is 2.79. The summed E-state index contributed by atoms with van der Waals surface area (Å²) in [4.78, 5) is 8.65. The molecule has 4 heteroatoms. The third-order valence-electron chi connectivity index (χ3n) is 2.98. The molecule has 88 valence electrons. The number of hydrogen-bond donors (Lipinski definition) is 1.